The molecule has 0 spiro atoms. The zero-order valence-corrected chi connectivity index (χ0v) is 10.8. The van der Waals surface area contributed by atoms with Crippen LogP contribution in [-0.4, -0.2) is 5.91 Å². The van der Waals surface area contributed by atoms with Gasteiger partial charge in [0.15, 0.2) is 0 Å². The molecular formula is C15H15FN2O2. The minimum absolute atomic E-state index is 0.123. The molecule has 0 aliphatic heterocycles. The highest BCUT2D eigenvalue weighted by molar-refractivity contribution is 5.95. The van der Waals surface area contributed by atoms with Crippen molar-refractivity contribution in [2.24, 2.45) is 11.5 Å². The summed E-state index contributed by atoms with van der Waals surface area (Å²) in [5, 5.41) is 0. The minimum atomic E-state index is -0.553. The summed E-state index contributed by atoms with van der Waals surface area (Å²) in [6, 6.07) is 11.3. The number of hydrogen-bond donors (Lipinski definition) is 2. The molecule has 4 N–H and O–H groups in total. The van der Waals surface area contributed by atoms with Crippen LogP contribution in [0.5, 0.6) is 5.75 Å². The maximum atomic E-state index is 13.3. The number of carbonyl (C=O) groups is 1. The zero-order chi connectivity index (χ0) is 14.5. The Morgan fingerprint density at radius 1 is 1.20 bits per heavy atom. The fourth-order valence-corrected chi connectivity index (χ4v) is 1.83. The van der Waals surface area contributed by atoms with Crippen LogP contribution in [0.25, 0.3) is 0 Å². The second-order valence-electron chi connectivity index (χ2n) is 4.28. The van der Waals surface area contributed by atoms with Gasteiger partial charge in [0.1, 0.15) is 18.2 Å². The molecule has 0 heterocycles. The highest BCUT2D eigenvalue weighted by Gasteiger charge is 2.09. The maximum absolute atomic E-state index is 13.3. The van der Waals surface area contributed by atoms with Crippen LogP contribution in [0, 0.1) is 5.82 Å². The van der Waals surface area contributed by atoms with E-state index in [-0.39, 0.29) is 19.0 Å². The molecule has 0 atom stereocenters. The van der Waals surface area contributed by atoms with Gasteiger partial charge in [-0.25, -0.2) is 4.39 Å². The maximum Gasteiger partial charge on any atom is 0.252 e. The number of primary amides is 1. The van der Waals surface area contributed by atoms with E-state index >= 15 is 0 Å². The van der Waals surface area contributed by atoms with Crippen LogP contribution in [0.4, 0.5) is 4.39 Å². The lowest BCUT2D eigenvalue weighted by Crippen LogP contribution is -2.13. The Hall–Kier alpha value is -2.40. The summed E-state index contributed by atoms with van der Waals surface area (Å²) < 4.78 is 18.9. The first-order valence-electron chi connectivity index (χ1n) is 6.11. The van der Waals surface area contributed by atoms with Crippen molar-refractivity contribution in [3.63, 3.8) is 0 Å². The number of rotatable bonds is 5. The van der Waals surface area contributed by atoms with Gasteiger partial charge in [0.05, 0.1) is 5.56 Å². The summed E-state index contributed by atoms with van der Waals surface area (Å²) in [7, 11) is 0. The summed E-state index contributed by atoms with van der Waals surface area (Å²) in [5.74, 6) is -0.491. The molecule has 2 aromatic rings. The number of halogens is 1. The molecule has 1 amide bonds. The van der Waals surface area contributed by atoms with Crippen molar-refractivity contribution in [3.05, 3.63) is 65.0 Å². The second kappa shape index (κ2) is 6.16. The van der Waals surface area contributed by atoms with Crippen LogP contribution in [0.1, 0.15) is 21.5 Å². The van der Waals surface area contributed by atoms with E-state index in [2.05, 4.69) is 0 Å². The van der Waals surface area contributed by atoms with Crippen LogP contribution in [0.3, 0.4) is 0 Å². The molecule has 0 fully saturated rings. The van der Waals surface area contributed by atoms with E-state index in [1.165, 1.54) is 6.07 Å². The molecule has 4 nitrogen and oxygen atoms in total. The monoisotopic (exact) mass is 274 g/mol. The Balaban J connectivity index is 2.15. The molecule has 20 heavy (non-hydrogen) atoms. The van der Waals surface area contributed by atoms with E-state index < -0.39 is 5.91 Å². The second-order valence-corrected chi connectivity index (χ2v) is 4.28. The fourth-order valence-electron chi connectivity index (χ4n) is 1.83. The topological polar surface area (TPSA) is 78.3 Å². The number of carbonyl (C=O) groups excluding carboxylic acids is 1. The molecule has 2 aromatic carbocycles. The predicted molar refractivity (Wildman–Crippen MR) is 73.6 cm³/mol. The Morgan fingerprint density at radius 2 is 1.95 bits per heavy atom. The summed E-state index contributed by atoms with van der Waals surface area (Å²) >= 11 is 0. The highest BCUT2D eigenvalue weighted by Crippen LogP contribution is 2.19. The third-order valence-corrected chi connectivity index (χ3v) is 2.88. The molecule has 0 aliphatic rings. The van der Waals surface area contributed by atoms with E-state index in [1.807, 2.05) is 0 Å². The quantitative estimate of drug-likeness (QED) is 0.874. The van der Waals surface area contributed by atoms with Gasteiger partial charge in [0, 0.05) is 12.1 Å². The predicted octanol–water partition coefficient (Wildman–Crippen LogP) is 1.96. The molecule has 0 unspecified atom stereocenters. The molecule has 0 radical (unpaired) electrons. The first-order valence-corrected chi connectivity index (χ1v) is 6.11. The average molecular weight is 274 g/mol. The van der Waals surface area contributed by atoms with Gasteiger partial charge in [-0.2, -0.15) is 0 Å². The highest BCUT2D eigenvalue weighted by atomic mass is 19.1. The summed E-state index contributed by atoms with van der Waals surface area (Å²) in [6.45, 7) is 0.328. The fraction of sp³-hybridized carbons (Fsp3) is 0.133. The van der Waals surface area contributed by atoms with Gasteiger partial charge in [-0.05, 0) is 29.8 Å². The van der Waals surface area contributed by atoms with Crippen molar-refractivity contribution in [3.8, 4) is 5.75 Å². The lowest BCUT2D eigenvalue weighted by atomic mass is 10.1. The molecule has 0 bridgehead atoms. The van der Waals surface area contributed by atoms with E-state index in [0.29, 0.717) is 16.9 Å². The molecule has 0 saturated heterocycles. The van der Waals surface area contributed by atoms with E-state index in [4.69, 9.17) is 16.2 Å². The van der Waals surface area contributed by atoms with E-state index in [1.54, 1.807) is 36.4 Å². The van der Waals surface area contributed by atoms with Crippen LogP contribution in [0.2, 0.25) is 0 Å². The van der Waals surface area contributed by atoms with Crippen molar-refractivity contribution >= 4 is 5.91 Å². The van der Waals surface area contributed by atoms with Gasteiger partial charge in [0.25, 0.3) is 5.91 Å². The van der Waals surface area contributed by atoms with Crippen molar-refractivity contribution in [2.75, 3.05) is 0 Å². The standard InChI is InChI=1S/C15H15FN2O2/c16-13-6-5-10(7-11(13)8-17)9-20-14-4-2-1-3-12(14)15(18)19/h1-7H,8-9,17H2,(H2,18,19). The van der Waals surface area contributed by atoms with Crippen LogP contribution in [-0.2, 0) is 13.2 Å². The SMILES string of the molecule is NCc1cc(COc2ccccc2C(N)=O)ccc1F. The van der Waals surface area contributed by atoms with Crippen molar-refractivity contribution in [1.82, 2.24) is 0 Å². The van der Waals surface area contributed by atoms with Gasteiger partial charge in [-0.3, -0.25) is 4.79 Å². The zero-order valence-electron chi connectivity index (χ0n) is 10.8. The lowest BCUT2D eigenvalue weighted by Gasteiger charge is -2.10. The van der Waals surface area contributed by atoms with Crippen molar-refractivity contribution < 1.29 is 13.9 Å². The van der Waals surface area contributed by atoms with Gasteiger partial charge in [0.2, 0.25) is 0 Å². The number of para-hydroxylation sites is 1. The van der Waals surface area contributed by atoms with Gasteiger partial charge in [-0.1, -0.05) is 18.2 Å². The molecule has 104 valence electrons. The Morgan fingerprint density at radius 3 is 2.65 bits per heavy atom. The van der Waals surface area contributed by atoms with Gasteiger partial charge >= 0.3 is 0 Å². The van der Waals surface area contributed by atoms with Gasteiger partial charge in [-0.15, -0.1) is 0 Å². The summed E-state index contributed by atoms with van der Waals surface area (Å²) in [4.78, 5) is 11.3. The summed E-state index contributed by atoms with van der Waals surface area (Å²) in [5.41, 5.74) is 12.2. The van der Waals surface area contributed by atoms with Crippen LogP contribution in [0.15, 0.2) is 42.5 Å². The molecule has 0 aliphatic carbocycles. The largest absolute Gasteiger partial charge is 0.488 e. The summed E-state index contributed by atoms with van der Waals surface area (Å²) in [6.07, 6.45) is 0. The Labute approximate surface area is 116 Å². The molecule has 2 rings (SSSR count). The first kappa shape index (κ1) is 14.0. The van der Waals surface area contributed by atoms with Crippen molar-refractivity contribution in [1.29, 1.82) is 0 Å². The number of benzene rings is 2. The van der Waals surface area contributed by atoms with Crippen LogP contribution >= 0.6 is 0 Å². The van der Waals surface area contributed by atoms with E-state index in [9.17, 15) is 9.18 Å². The third kappa shape index (κ3) is 3.13. The normalized spacial score (nSPS) is 10.3. The molecule has 0 saturated carbocycles. The minimum Gasteiger partial charge on any atom is -0.488 e. The Bertz CT molecular complexity index is 629. The Kier molecular flexibility index (Phi) is 4.32. The number of hydrogen-bond acceptors (Lipinski definition) is 3. The number of nitrogens with two attached hydrogens (primary N) is 2. The molecule has 5 heteroatoms. The smallest absolute Gasteiger partial charge is 0.252 e. The number of amides is 1. The average Bonchev–Trinajstić information content (AvgIpc) is 2.46. The molecule has 0 aromatic heterocycles. The third-order valence-electron chi connectivity index (χ3n) is 2.88. The lowest BCUT2D eigenvalue weighted by molar-refractivity contribution is 0.0996. The van der Waals surface area contributed by atoms with Gasteiger partial charge < -0.3 is 16.2 Å². The van der Waals surface area contributed by atoms with Crippen LogP contribution < -0.4 is 16.2 Å². The number of ether oxygens (including phenoxy) is 1. The first-order chi connectivity index (χ1) is 9.61. The van der Waals surface area contributed by atoms with Crippen molar-refractivity contribution in [2.45, 2.75) is 13.2 Å². The molecular weight excluding hydrogens is 259 g/mol. The van der Waals surface area contributed by atoms with E-state index in [0.717, 1.165) is 5.56 Å².